The Morgan fingerprint density at radius 2 is 2.13 bits per heavy atom. The Morgan fingerprint density at radius 3 is 2.90 bits per heavy atom. The molecule has 1 fully saturated rings. The first-order valence-electron chi connectivity index (χ1n) is 10.1. The van der Waals surface area contributed by atoms with Crippen molar-refractivity contribution in [3.05, 3.63) is 68.2 Å². The van der Waals surface area contributed by atoms with Crippen LogP contribution in [0.1, 0.15) is 40.6 Å². The summed E-state index contributed by atoms with van der Waals surface area (Å²) in [6.45, 7) is 3.03. The summed E-state index contributed by atoms with van der Waals surface area (Å²) in [6.07, 6.45) is 2.28. The van der Waals surface area contributed by atoms with Crippen LogP contribution in [0.15, 0.2) is 51.0 Å². The van der Waals surface area contributed by atoms with Crippen LogP contribution < -0.4 is 5.63 Å². The van der Waals surface area contributed by atoms with Gasteiger partial charge in [-0.3, -0.25) is 9.59 Å². The molecule has 4 rings (SSSR count). The van der Waals surface area contributed by atoms with Crippen molar-refractivity contribution in [2.45, 2.75) is 32.8 Å². The fourth-order valence-corrected chi connectivity index (χ4v) is 4.48. The zero-order valence-corrected chi connectivity index (χ0v) is 17.6. The summed E-state index contributed by atoms with van der Waals surface area (Å²) >= 11 is 1.40. The van der Waals surface area contributed by atoms with E-state index in [1.165, 1.54) is 17.4 Å². The van der Waals surface area contributed by atoms with Gasteiger partial charge < -0.3 is 14.1 Å². The normalized spacial score (nSPS) is 16.6. The third-order valence-corrected chi connectivity index (χ3v) is 6.30. The van der Waals surface area contributed by atoms with Crippen molar-refractivity contribution in [3.8, 4) is 0 Å². The monoisotopic (exact) mass is 425 g/mol. The van der Waals surface area contributed by atoms with Gasteiger partial charge in [-0.05, 0) is 42.3 Å². The third kappa shape index (κ3) is 4.31. The van der Waals surface area contributed by atoms with Gasteiger partial charge >= 0.3 is 11.6 Å². The maximum atomic E-state index is 12.7. The highest BCUT2D eigenvalue weighted by Crippen LogP contribution is 2.23. The van der Waals surface area contributed by atoms with Gasteiger partial charge in [0.2, 0.25) is 0 Å². The second-order valence-corrected chi connectivity index (χ2v) is 8.40. The molecule has 7 heteroatoms. The molecular formula is C23H23NO5S. The highest BCUT2D eigenvalue weighted by molar-refractivity contribution is 7.12. The number of piperidine rings is 1. The summed E-state index contributed by atoms with van der Waals surface area (Å²) in [5.74, 6) is -0.744. The van der Waals surface area contributed by atoms with Crippen molar-refractivity contribution in [1.82, 2.24) is 4.90 Å². The molecule has 1 aromatic carbocycles. The van der Waals surface area contributed by atoms with Crippen molar-refractivity contribution >= 4 is 34.2 Å². The van der Waals surface area contributed by atoms with E-state index < -0.39 is 5.63 Å². The highest BCUT2D eigenvalue weighted by atomic mass is 32.1. The number of hydrogen-bond acceptors (Lipinski definition) is 6. The number of carbonyl (C=O) groups excluding carboxylic acids is 2. The Balaban J connectivity index is 1.44. The van der Waals surface area contributed by atoms with Crippen LogP contribution in [-0.4, -0.2) is 29.9 Å². The second-order valence-electron chi connectivity index (χ2n) is 7.45. The number of likely N-dealkylation sites (tertiary alicyclic amines) is 1. The van der Waals surface area contributed by atoms with Gasteiger partial charge in [0.15, 0.2) is 0 Å². The van der Waals surface area contributed by atoms with Gasteiger partial charge in [-0.2, -0.15) is 0 Å². The number of rotatable bonds is 5. The summed E-state index contributed by atoms with van der Waals surface area (Å²) in [7, 11) is 0. The quantitative estimate of drug-likeness (QED) is 0.456. The zero-order chi connectivity index (χ0) is 21.1. The summed E-state index contributed by atoms with van der Waals surface area (Å²) in [5, 5.41) is 2.63. The van der Waals surface area contributed by atoms with Gasteiger partial charge in [0.25, 0.3) is 5.91 Å². The van der Waals surface area contributed by atoms with Gasteiger partial charge in [-0.1, -0.05) is 25.1 Å². The Morgan fingerprint density at radius 1 is 1.27 bits per heavy atom. The molecule has 1 aliphatic heterocycles. The summed E-state index contributed by atoms with van der Waals surface area (Å²) < 4.78 is 10.9. The number of fused-ring (bicyclic) bond motifs is 1. The standard InChI is InChI=1S/C23H23NO5S/c1-2-15-7-8-18-17(12-21(25)29-19(18)11-15)14-28-23(27)16-5-3-9-24(13-16)22(26)20-6-4-10-30-20/h4,6-8,10-12,16H,2-3,5,9,13-14H2,1H3. The van der Waals surface area contributed by atoms with Crippen LogP contribution in [0.5, 0.6) is 0 Å². The lowest BCUT2D eigenvalue weighted by molar-refractivity contribution is -0.151. The van der Waals surface area contributed by atoms with Crippen LogP contribution in [0.2, 0.25) is 0 Å². The highest BCUT2D eigenvalue weighted by Gasteiger charge is 2.30. The summed E-state index contributed by atoms with van der Waals surface area (Å²) in [4.78, 5) is 39.6. The van der Waals surface area contributed by atoms with E-state index in [4.69, 9.17) is 9.15 Å². The fourth-order valence-electron chi connectivity index (χ4n) is 3.79. The molecule has 156 valence electrons. The van der Waals surface area contributed by atoms with E-state index in [0.29, 0.717) is 35.5 Å². The van der Waals surface area contributed by atoms with Crippen molar-refractivity contribution < 1.29 is 18.7 Å². The molecule has 0 spiro atoms. The first-order valence-corrected chi connectivity index (χ1v) is 11.0. The second kappa shape index (κ2) is 8.83. The van der Waals surface area contributed by atoms with E-state index in [0.717, 1.165) is 23.8 Å². The van der Waals surface area contributed by atoms with Crippen molar-refractivity contribution in [3.63, 3.8) is 0 Å². The van der Waals surface area contributed by atoms with Crippen LogP contribution >= 0.6 is 11.3 Å². The molecule has 1 unspecified atom stereocenters. The first kappa shape index (κ1) is 20.3. The van der Waals surface area contributed by atoms with Crippen LogP contribution in [-0.2, 0) is 22.6 Å². The molecule has 1 amide bonds. The molecule has 3 heterocycles. The number of carbonyl (C=O) groups is 2. The Bertz CT molecular complexity index is 1120. The number of ether oxygens (including phenoxy) is 1. The molecule has 0 bridgehead atoms. The van der Waals surface area contributed by atoms with E-state index in [2.05, 4.69) is 0 Å². The largest absolute Gasteiger partial charge is 0.461 e. The molecule has 0 N–H and O–H groups in total. The van der Waals surface area contributed by atoms with E-state index in [1.54, 1.807) is 11.0 Å². The number of hydrogen-bond donors (Lipinski definition) is 0. The lowest BCUT2D eigenvalue weighted by atomic mass is 9.98. The predicted octanol–water partition coefficient (Wildman–Crippen LogP) is 4.01. The average molecular weight is 426 g/mol. The van der Waals surface area contributed by atoms with Gasteiger partial charge in [-0.25, -0.2) is 4.79 Å². The van der Waals surface area contributed by atoms with Crippen LogP contribution in [0.4, 0.5) is 0 Å². The SMILES string of the molecule is CCc1ccc2c(COC(=O)C3CCCN(C(=O)c4cccs4)C3)cc(=O)oc2c1. The van der Waals surface area contributed by atoms with Crippen molar-refractivity contribution in [2.24, 2.45) is 5.92 Å². The van der Waals surface area contributed by atoms with E-state index >= 15 is 0 Å². The minimum absolute atomic E-state index is 0.00176. The minimum Gasteiger partial charge on any atom is -0.461 e. The number of aryl methyl sites for hydroxylation is 1. The Kier molecular flexibility index (Phi) is 5.99. The molecule has 0 radical (unpaired) electrons. The zero-order valence-electron chi connectivity index (χ0n) is 16.8. The Hall–Kier alpha value is -2.93. The number of benzene rings is 1. The molecular weight excluding hydrogens is 402 g/mol. The van der Waals surface area contributed by atoms with Crippen LogP contribution in [0, 0.1) is 5.92 Å². The average Bonchev–Trinajstić information content (AvgIpc) is 3.31. The lowest BCUT2D eigenvalue weighted by Crippen LogP contribution is -2.42. The van der Waals surface area contributed by atoms with E-state index in [9.17, 15) is 14.4 Å². The molecule has 1 aliphatic rings. The molecule has 3 aromatic rings. The molecule has 0 aliphatic carbocycles. The molecule has 0 saturated carbocycles. The molecule has 2 aromatic heterocycles. The number of thiophene rings is 1. The van der Waals surface area contributed by atoms with Crippen molar-refractivity contribution in [2.75, 3.05) is 13.1 Å². The van der Waals surface area contributed by atoms with Crippen molar-refractivity contribution in [1.29, 1.82) is 0 Å². The third-order valence-electron chi connectivity index (χ3n) is 5.45. The molecule has 1 atom stereocenters. The van der Waals surface area contributed by atoms with Gasteiger partial charge in [0, 0.05) is 30.1 Å². The summed E-state index contributed by atoms with van der Waals surface area (Å²) in [6, 6.07) is 10.7. The molecule has 30 heavy (non-hydrogen) atoms. The van der Waals surface area contributed by atoms with E-state index in [-0.39, 0.29) is 24.4 Å². The fraction of sp³-hybridized carbons (Fsp3) is 0.348. The van der Waals surface area contributed by atoms with Crippen LogP contribution in [0.25, 0.3) is 11.0 Å². The van der Waals surface area contributed by atoms with Gasteiger partial charge in [0.1, 0.15) is 12.2 Å². The van der Waals surface area contributed by atoms with E-state index in [1.807, 2.05) is 36.6 Å². The number of esters is 1. The van der Waals surface area contributed by atoms with Crippen LogP contribution in [0.3, 0.4) is 0 Å². The molecule has 6 nitrogen and oxygen atoms in total. The minimum atomic E-state index is -0.466. The lowest BCUT2D eigenvalue weighted by Gasteiger charge is -2.31. The van der Waals surface area contributed by atoms with Gasteiger partial charge in [0.05, 0.1) is 10.8 Å². The maximum absolute atomic E-state index is 12.7. The first-order chi connectivity index (χ1) is 14.5. The maximum Gasteiger partial charge on any atom is 0.336 e. The van der Waals surface area contributed by atoms with Gasteiger partial charge in [-0.15, -0.1) is 11.3 Å². The Labute approximate surface area is 178 Å². The number of nitrogens with zero attached hydrogens (tertiary/aromatic N) is 1. The topological polar surface area (TPSA) is 76.8 Å². The smallest absolute Gasteiger partial charge is 0.336 e. The predicted molar refractivity (Wildman–Crippen MR) is 115 cm³/mol. The number of amides is 1. The molecule has 1 saturated heterocycles. The summed E-state index contributed by atoms with van der Waals surface area (Å²) in [5.41, 5.74) is 1.72.